The Labute approximate surface area is 194 Å². The average Bonchev–Trinajstić information content (AvgIpc) is 3.51. The van der Waals surface area contributed by atoms with E-state index in [1.54, 1.807) is 24.3 Å². The largest absolute Gasteiger partial charge is 0.292 e. The van der Waals surface area contributed by atoms with Crippen molar-refractivity contribution >= 4 is 29.2 Å². The molecule has 2 aliphatic carbocycles. The molecular formula is C25H21N3O6. The lowest BCUT2D eigenvalue weighted by Gasteiger charge is -2.30. The van der Waals surface area contributed by atoms with Crippen LogP contribution in [0.3, 0.4) is 0 Å². The lowest BCUT2D eigenvalue weighted by Crippen LogP contribution is -2.52. The van der Waals surface area contributed by atoms with E-state index in [1.807, 2.05) is 19.1 Å². The lowest BCUT2D eigenvalue weighted by atomic mass is 9.85. The molecular weight excluding hydrogens is 438 g/mol. The minimum absolute atomic E-state index is 0.0288. The van der Waals surface area contributed by atoms with Gasteiger partial charge in [0.15, 0.2) is 5.78 Å². The van der Waals surface area contributed by atoms with Gasteiger partial charge in [-0.3, -0.25) is 29.3 Å². The predicted octanol–water partition coefficient (Wildman–Crippen LogP) is 2.95. The summed E-state index contributed by atoms with van der Waals surface area (Å²) in [4.78, 5) is 63.6. The van der Waals surface area contributed by atoms with Crippen molar-refractivity contribution < 1.29 is 24.1 Å². The average molecular weight is 459 g/mol. The van der Waals surface area contributed by atoms with Gasteiger partial charge < -0.3 is 0 Å². The standard InChI is InChI=1S/C25H21N3O6/c1-14-2-4-15(5-3-14)20(29)13-26(23(30)16-8-10-19(11-9-16)28(33)34)27-24(31)21-17-6-7-18(12-17)22(21)25(27)32/h2-11,17-18,21-22H,12-13H2,1H3/t17-,18-,21-,22-/m0/s1. The quantitative estimate of drug-likeness (QED) is 0.215. The fourth-order valence-electron chi connectivity index (χ4n) is 5.20. The van der Waals surface area contributed by atoms with Gasteiger partial charge in [-0.05, 0) is 37.3 Å². The molecule has 1 heterocycles. The number of nitro benzene ring substituents is 1. The van der Waals surface area contributed by atoms with Gasteiger partial charge in [0, 0.05) is 23.3 Å². The molecule has 0 N–H and O–H groups in total. The molecule has 34 heavy (non-hydrogen) atoms. The van der Waals surface area contributed by atoms with Crippen molar-refractivity contribution in [2.45, 2.75) is 13.3 Å². The number of carbonyl (C=O) groups excluding carboxylic acids is 4. The van der Waals surface area contributed by atoms with Gasteiger partial charge in [0.05, 0.1) is 16.8 Å². The molecule has 0 unspecified atom stereocenters. The third-order valence-electron chi connectivity index (χ3n) is 6.91. The summed E-state index contributed by atoms with van der Waals surface area (Å²) in [5.74, 6) is -3.35. The number of hydrogen-bond donors (Lipinski definition) is 0. The molecule has 2 aromatic carbocycles. The monoisotopic (exact) mass is 459 g/mol. The van der Waals surface area contributed by atoms with Crippen molar-refractivity contribution in [2.75, 3.05) is 6.54 Å². The molecule has 4 atom stereocenters. The number of aryl methyl sites for hydroxylation is 1. The second kappa shape index (κ2) is 8.02. The van der Waals surface area contributed by atoms with Crippen molar-refractivity contribution in [1.82, 2.24) is 10.0 Å². The molecule has 1 saturated carbocycles. The molecule has 3 aliphatic rings. The SMILES string of the molecule is Cc1ccc(C(=O)CN(C(=O)c2ccc([N+](=O)[O-])cc2)N2C(=O)[C@@H]3[C@@H](C2=O)[C@H]2C=C[C@H]3C2)cc1. The highest BCUT2D eigenvalue weighted by Gasteiger charge is 2.61. The van der Waals surface area contributed by atoms with Crippen molar-refractivity contribution in [3.8, 4) is 0 Å². The van der Waals surface area contributed by atoms with Gasteiger partial charge in [0.2, 0.25) is 0 Å². The highest BCUT2D eigenvalue weighted by molar-refractivity contribution is 6.10. The van der Waals surface area contributed by atoms with E-state index in [-0.39, 0.29) is 23.1 Å². The molecule has 0 spiro atoms. The Kier molecular flexibility index (Phi) is 5.11. The number of non-ortho nitro benzene ring substituents is 1. The van der Waals surface area contributed by atoms with Crippen LogP contribution in [0.1, 0.15) is 32.7 Å². The number of amides is 3. The molecule has 0 aromatic heterocycles. The minimum Gasteiger partial charge on any atom is -0.292 e. The molecule has 9 nitrogen and oxygen atoms in total. The van der Waals surface area contributed by atoms with Gasteiger partial charge in [0.25, 0.3) is 23.4 Å². The number of hydrogen-bond acceptors (Lipinski definition) is 6. The molecule has 2 bridgehead atoms. The van der Waals surface area contributed by atoms with E-state index in [9.17, 15) is 29.3 Å². The van der Waals surface area contributed by atoms with Gasteiger partial charge in [-0.1, -0.05) is 42.0 Å². The summed E-state index contributed by atoms with van der Waals surface area (Å²) in [6.45, 7) is 1.36. The topological polar surface area (TPSA) is 118 Å². The molecule has 1 aliphatic heterocycles. The van der Waals surface area contributed by atoms with Crippen LogP contribution in [0.15, 0.2) is 60.7 Å². The van der Waals surface area contributed by atoms with Gasteiger partial charge in [-0.25, -0.2) is 5.01 Å². The third kappa shape index (κ3) is 3.40. The number of hydrazine groups is 1. The first-order chi connectivity index (χ1) is 16.3. The number of carbonyl (C=O) groups is 4. The smallest absolute Gasteiger partial charge is 0.273 e. The number of fused-ring (bicyclic) bond motifs is 5. The summed E-state index contributed by atoms with van der Waals surface area (Å²) in [6, 6.07) is 11.6. The molecule has 2 fully saturated rings. The maximum atomic E-state index is 13.5. The second-order valence-electron chi connectivity index (χ2n) is 8.94. The highest BCUT2D eigenvalue weighted by atomic mass is 16.6. The number of ketones is 1. The Bertz CT molecular complexity index is 1220. The molecule has 0 radical (unpaired) electrons. The van der Waals surface area contributed by atoms with E-state index in [4.69, 9.17) is 0 Å². The first kappa shape index (κ1) is 21.7. The van der Waals surface area contributed by atoms with Gasteiger partial charge in [-0.15, -0.1) is 0 Å². The molecule has 9 heteroatoms. The second-order valence-corrected chi connectivity index (χ2v) is 8.94. The zero-order valence-corrected chi connectivity index (χ0v) is 18.3. The summed E-state index contributed by atoms with van der Waals surface area (Å²) in [5, 5.41) is 12.7. The van der Waals surface area contributed by atoms with Gasteiger partial charge >= 0.3 is 0 Å². The van der Waals surface area contributed by atoms with Crippen molar-refractivity contribution in [1.29, 1.82) is 0 Å². The Balaban J connectivity index is 1.49. The molecule has 1 saturated heterocycles. The Hall–Kier alpha value is -4.14. The first-order valence-corrected chi connectivity index (χ1v) is 11.0. The number of allylic oxidation sites excluding steroid dienone is 2. The number of nitrogens with zero attached hydrogens (tertiary/aromatic N) is 3. The highest BCUT2D eigenvalue weighted by Crippen LogP contribution is 2.52. The zero-order chi connectivity index (χ0) is 24.1. The molecule has 2 aromatic rings. The van der Waals surface area contributed by atoms with Crippen LogP contribution < -0.4 is 0 Å². The maximum Gasteiger partial charge on any atom is 0.273 e. The van der Waals surface area contributed by atoms with Crippen LogP contribution in [0.4, 0.5) is 5.69 Å². The van der Waals surface area contributed by atoms with Crippen molar-refractivity contribution in [3.63, 3.8) is 0 Å². The van der Waals surface area contributed by atoms with Crippen LogP contribution in [0.5, 0.6) is 0 Å². The summed E-state index contributed by atoms with van der Waals surface area (Å²) < 4.78 is 0. The third-order valence-corrected chi connectivity index (χ3v) is 6.91. The van der Waals surface area contributed by atoms with Crippen molar-refractivity contribution in [3.05, 3.63) is 87.5 Å². The normalized spacial score (nSPS) is 24.4. The zero-order valence-electron chi connectivity index (χ0n) is 18.3. The Morgan fingerprint density at radius 3 is 2.00 bits per heavy atom. The van der Waals surface area contributed by atoms with E-state index in [0.717, 1.165) is 22.0 Å². The molecule has 3 amide bonds. The first-order valence-electron chi connectivity index (χ1n) is 11.0. The van der Waals surface area contributed by atoms with Crippen LogP contribution in [0.2, 0.25) is 0 Å². The van der Waals surface area contributed by atoms with Gasteiger partial charge in [-0.2, -0.15) is 5.01 Å². The summed E-state index contributed by atoms with van der Waals surface area (Å²) in [6.07, 6.45) is 4.63. The van der Waals surface area contributed by atoms with Gasteiger partial charge in [0.1, 0.15) is 6.54 Å². The number of imide groups is 1. The van der Waals surface area contributed by atoms with Crippen LogP contribution in [-0.2, 0) is 9.59 Å². The van der Waals surface area contributed by atoms with Crippen LogP contribution in [0, 0.1) is 40.7 Å². The summed E-state index contributed by atoms with van der Waals surface area (Å²) >= 11 is 0. The van der Waals surface area contributed by atoms with E-state index in [1.165, 1.54) is 24.3 Å². The van der Waals surface area contributed by atoms with Crippen LogP contribution in [0.25, 0.3) is 0 Å². The van der Waals surface area contributed by atoms with E-state index < -0.39 is 46.8 Å². The minimum atomic E-state index is -0.752. The fraction of sp³-hybridized carbons (Fsp3) is 0.280. The Morgan fingerprint density at radius 2 is 1.47 bits per heavy atom. The molecule has 5 rings (SSSR count). The van der Waals surface area contributed by atoms with Crippen LogP contribution >= 0.6 is 0 Å². The summed E-state index contributed by atoms with van der Waals surface area (Å²) in [7, 11) is 0. The van der Waals surface area contributed by atoms with E-state index >= 15 is 0 Å². The molecule has 172 valence electrons. The Morgan fingerprint density at radius 1 is 0.941 bits per heavy atom. The summed E-state index contributed by atoms with van der Waals surface area (Å²) in [5.41, 5.74) is 1.12. The number of benzene rings is 2. The maximum absolute atomic E-state index is 13.5. The number of nitro groups is 1. The van der Waals surface area contributed by atoms with Crippen molar-refractivity contribution in [2.24, 2.45) is 23.7 Å². The van der Waals surface area contributed by atoms with E-state index in [0.29, 0.717) is 5.56 Å². The number of rotatable bonds is 6. The predicted molar refractivity (Wildman–Crippen MR) is 119 cm³/mol. The fourth-order valence-corrected chi connectivity index (χ4v) is 5.20. The number of Topliss-reactive ketones (excluding diaryl/α,β-unsaturated/α-hetero) is 1. The lowest BCUT2D eigenvalue weighted by molar-refractivity contribution is -0.384. The van der Waals surface area contributed by atoms with Crippen LogP contribution in [-0.4, -0.2) is 45.0 Å². The van der Waals surface area contributed by atoms with E-state index in [2.05, 4.69) is 0 Å².